The summed E-state index contributed by atoms with van der Waals surface area (Å²) in [5.74, 6) is 1.21. The van der Waals surface area contributed by atoms with E-state index in [1.807, 2.05) is 42.5 Å². The molecule has 5 nitrogen and oxygen atoms in total. The number of ketones is 2. The Morgan fingerprint density at radius 1 is 0.939 bits per heavy atom. The third-order valence-electron chi connectivity index (χ3n) is 6.60. The van der Waals surface area contributed by atoms with E-state index < -0.39 is 0 Å². The Kier molecular flexibility index (Phi) is 6.27. The van der Waals surface area contributed by atoms with E-state index >= 15 is 0 Å². The predicted molar refractivity (Wildman–Crippen MR) is 134 cm³/mol. The molecule has 1 heterocycles. The molecule has 0 bridgehead atoms. The van der Waals surface area contributed by atoms with Crippen molar-refractivity contribution >= 4 is 34.2 Å². The maximum absolute atomic E-state index is 13.1. The highest BCUT2D eigenvalue weighted by atomic mass is 127. The highest BCUT2D eigenvalue weighted by Crippen LogP contribution is 2.47. The lowest BCUT2D eigenvalue weighted by Gasteiger charge is -2.37. The van der Waals surface area contributed by atoms with Crippen molar-refractivity contribution in [3.63, 3.8) is 0 Å². The SMILES string of the molecule is COc1cc(C2C3=C(CCCC3=O)NC3=C2C(=O)CCC3)cc(I)c1OCc1ccccc1. The molecule has 1 N–H and O–H groups in total. The normalized spacial score (nSPS) is 18.6. The van der Waals surface area contributed by atoms with Crippen molar-refractivity contribution in [1.29, 1.82) is 0 Å². The monoisotopic (exact) mass is 555 g/mol. The summed E-state index contributed by atoms with van der Waals surface area (Å²) in [7, 11) is 1.62. The number of carbonyl (C=O) groups excluding carboxylic acids is 2. The molecule has 33 heavy (non-hydrogen) atoms. The van der Waals surface area contributed by atoms with Crippen LogP contribution in [-0.2, 0) is 16.2 Å². The molecule has 0 saturated heterocycles. The molecule has 0 unspecified atom stereocenters. The van der Waals surface area contributed by atoms with Gasteiger partial charge in [0.2, 0.25) is 0 Å². The van der Waals surface area contributed by atoms with Gasteiger partial charge in [-0.2, -0.15) is 0 Å². The topological polar surface area (TPSA) is 64.6 Å². The lowest BCUT2D eigenvalue weighted by molar-refractivity contribution is -0.116. The fourth-order valence-corrected chi connectivity index (χ4v) is 5.87. The zero-order chi connectivity index (χ0) is 22.9. The molecule has 0 spiro atoms. The van der Waals surface area contributed by atoms with Crippen molar-refractivity contribution in [3.8, 4) is 11.5 Å². The number of dihydropyridines is 1. The summed E-state index contributed by atoms with van der Waals surface area (Å²) in [5.41, 5.74) is 5.47. The third kappa shape index (κ3) is 4.21. The van der Waals surface area contributed by atoms with E-state index in [2.05, 4.69) is 27.9 Å². The largest absolute Gasteiger partial charge is 0.493 e. The maximum Gasteiger partial charge on any atom is 0.174 e. The van der Waals surface area contributed by atoms with Crippen LogP contribution < -0.4 is 14.8 Å². The number of hydrogen-bond acceptors (Lipinski definition) is 5. The van der Waals surface area contributed by atoms with Crippen LogP contribution in [0.2, 0.25) is 0 Å². The van der Waals surface area contributed by atoms with Crippen LogP contribution in [0.5, 0.6) is 11.5 Å². The van der Waals surface area contributed by atoms with E-state index in [0.717, 1.165) is 62.9 Å². The van der Waals surface area contributed by atoms with Gasteiger partial charge in [0.1, 0.15) is 6.61 Å². The molecule has 2 aromatic carbocycles. The van der Waals surface area contributed by atoms with Crippen molar-refractivity contribution in [2.24, 2.45) is 0 Å². The number of allylic oxidation sites excluding steroid dienone is 4. The molecule has 3 aliphatic rings. The van der Waals surface area contributed by atoms with E-state index in [1.54, 1.807) is 7.11 Å². The lowest BCUT2D eigenvalue weighted by atomic mass is 9.71. The molecule has 0 radical (unpaired) electrons. The number of hydrogen-bond donors (Lipinski definition) is 1. The number of halogens is 1. The quantitative estimate of drug-likeness (QED) is 0.489. The minimum Gasteiger partial charge on any atom is -0.493 e. The summed E-state index contributed by atoms with van der Waals surface area (Å²) in [6.07, 6.45) is 4.44. The Balaban J connectivity index is 1.57. The molecule has 170 valence electrons. The highest BCUT2D eigenvalue weighted by molar-refractivity contribution is 14.1. The van der Waals surface area contributed by atoms with Gasteiger partial charge in [-0.15, -0.1) is 0 Å². The van der Waals surface area contributed by atoms with E-state index in [9.17, 15) is 9.59 Å². The van der Waals surface area contributed by atoms with Crippen molar-refractivity contribution < 1.29 is 19.1 Å². The number of ether oxygens (including phenoxy) is 2. The molecule has 1 aliphatic heterocycles. The summed E-state index contributed by atoms with van der Waals surface area (Å²) in [4.78, 5) is 26.1. The third-order valence-corrected chi connectivity index (χ3v) is 7.40. The fourth-order valence-electron chi connectivity index (χ4n) is 5.09. The van der Waals surface area contributed by atoms with Crippen LogP contribution in [0.1, 0.15) is 55.6 Å². The van der Waals surface area contributed by atoms with Crippen molar-refractivity contribution in [2.45, 2.75) is 51.0 Å². The number of nitrogens with one attached hydrogen (secondary N) is 1. The number of carbonyl (C=O) groups is 2. The summed E-state index contributed by atoms with van der Waals surface area (Å²) < 4.78 is 12.8. The van der Waals surface area contributed by atoms with Gasteiger partial charge < -0.3 is 14.8 Å². The summed E-state index contributed by atoms with van der Waals surface area (Å²) >= 11 is 2.26. The second-order valence-corrected chi connectivity index (χ2v) is 9.87. The zero-order valence-electron chi connectivity index (χ0n) is 18.6. The van der Waals surface area contributed by atoms with Crippen LogP contribution in [0.15, 0.2) is 65.0 Å². The number of Topliss-reactive ketones (excluding diaryl/α,β-unsaturated/α-hetero) is 2. The minimum absolute atomic E-state index is 0.136. The summed E-state index contributed by atoms with van der Waals surface area (Å²) in [5, 5.41) is 3.47. The van der Waals surface area contributed by atoms with Gasteiger partial charge in [-0.1, -0.05) is 30.3 Å². The molecule has 0 amide bonds. The molecule has 0 aromatic heterocycles. The Morgan fingerprint density at radius 3 is 2.18 bits per heavy atom. The van der Waals surface area contributed by atoms with Crippen LogP contribution in [0.3, 0.4) is 0 Å². The molecule has 5 rings (SSSR count). The standard InChI is InChI=1S/C27H26INO4/c1-32-23-14-17(13-18(28)27(23)33-15-16-7-3-2-4-8-16)24-25-19(9-5-11-21(25)30)29-20-10-6-12-22(31)26(20)24/h2-4,7-8,13-14,24,29H,5-6,9-12,15H2,1H3. The van der Waals surface area contributed by atoms with Crippen LogP contribution >= 0.6 is 22.6 Å². The fraction of sp³-hybridized carbons (Fsp3) is 0.333. The van der Waals surface area contributed by atoms with Gasteiger partial charge in [0, 0.05) is 41.3 Å². The average Bonchev–Trinajstić information content (AvgIpc) is 2.82. The first-order valence-electron chi connectivity index (χ1n) is 11.4. The first kappa shape index (κ1) is 22.2. The highest BCUT2D eigenvalue weighted by Gasteiger charge is 2.40. The van der Waals surface area contributed by atoms with Gasteiger partial charge in [0.05, 0.1) is 10.7 Å². The van der Waals surface area contributed by atoms with Crippen molar-refractivity contribution in [2.75, 3.05) is 7.11 Å². The van der Waals surface area contributed by atoms with E-state index in [-0.39, 0.29) is 17.5 Å². The van der Waals surface area contributed by atoms with Crippen LogP contribution in [0.25, 0.3) is 0 Å². The number of benzene rings is 2. The summed E-state index contributed by atoms with van der Waals surface area (Å²) in [6, 6.07) is 14.0. The Bertz CT molecular complexity index is 1140. The van der Waals surface area contributed by atoms with Crippen molar-refractivity contribution in [3.05, 3.63) is 79.7 Å². The molecular weight excluding hydrogens is 529 g/mol. The zero-order valence-corrected chi connectivity index (χ0v) is 20.7. The van der Waals surface area contributed by atoms with Gasteiger partial charge in [0.15, 0.2) is 23.1 Å². The molecule has 6 heteroatoms. The molecule has 0 atom stereocenters. The number of rotatable bonds is 5. The van der Waals surface area contributed by atoms with Crippen LogP contribution in [0.4, 0.5) is 0 Å². The second kappa shape index (κ2) is 9.33. The molecular formula is C27H26INO4. The predicted octanol–water partition coefficient (Wildman–Crippen LogP) is 5.58. The van der Waals surface area contributed by atoms with E-state index in [0.29, 0.717) is 30.9 Å². The smallest absolute Gasteiger partial charge is 0.174 e. The minimum atomic E-state index is -0.345. The molecule has 2 aromatic rings. The maximum atomic E-state index is 13.1. The van der Waals surface area contributed by atoms with Gasteiger partial charge in [0.25, 0.3) is 0 Å². The summed E-state index contributed by atoms with van der Waals surface area (Å²) in [6.45, 7) is 0.432. The van der Waals surface area contributed by atoms with E-state index in [1.165, 1.54) is 0 Å². The second-order valence-electron chi connectivity index (χ2n) is 8.70. The van der Waals surface area contributed by atoms with Gasteiger partial charge in [-0.3, -0.25) is 9.59 Å². The molecule has 0 saturated carbocycles. The Labute approximate surface area is 207 Å². The first-order valence-corrected chi connectivity index (χ1v) is 12.5. The van der Waals surface area contributed by atoms with Gasteiger partial charge in [-0.05, 0) is 71.5 Å². The van der Waals surface area contributed by atoms with Crippen molar-refractivity contribution in [1.82, 2.24) is 5.32 Å². The average molecular weight is 555 g/mol. The van der Waals surface area contributed by atoms with Crippen LogP contribution in [0, 0.1) is 3.57 Å². The Hall–Kier alpha value is -2.61. The van der Waals surface area contributed by atoms with E-state index in [4.69, 9.17) is 9.47 Å². The first-order chi connectivity index (χ1) is 16.1. The molecule has 2 aliphatic carbocycles. The van der Waals surface area contributed by atoms with Gasteiger partial charge in [-0.25, -0.2) is 0 Å². The van der Waals surface area contributed by atoms with Crippen LogP contribution in [-0.4, -0.2) is 18.7 Å². The Morgan fingerprint density at radius 2 is 1.58 bits per heavy atom. The van der Waals surface area contributed by atoms with Gasteiger partial charge >= 0.3 is 0 Å². The molecule has 0 fully saturated rings. The number of methoxy groups -OCH3 is 1. The lowest BCUT2D eigenvalue weighted by Crippen LogP contribution is -2.36.